The highest BCUT2D eigenvalue weighted by molar-refractivity contribution is 7.99. The molecule has 0 amide bonds. The van der Waals surface area contributed by atoms with Gasteiger partial charge < -0.3 is 5.11 Å². The van der Waals surface area contributed by atoms with E-state index in [9.17, 15) is 5.11 Å². The molecule has 1 unspecified atom stereocenters. The summed E-state index contributed by atoms with van der Waals surface area (Å²) >= 11 is 1.71. The molecule has 2 heteroatoms. The Kier molecular flexibility index (Phi) is 4.67. The molecule has 1 N–H and O–H groups in total. The molecule has 0 aliphatic carbocycles. The lowest BCUT2D eigenvalue weighted by Crippen LogP contribution is -2.01. The maximum absolute atomic E-state index is 10.3. The number of rotatable bonds is 4. The number of hydrogen-bond donors (Lipinski definition) is 1. The molecule has 2 rings (SSSR count). The van der Waals surface area contributed by atoms with E-state index in [0.29, 0.717) is 5.75 Å². The third-order valence-electron chi connectivity index (χ3n) is 3.12. The molecule has 0 heterocycles. The minimum Gasteiger partial charge on any atom is -0.388 e. The standard InChI is InChI=1S/C17H20OS/c1-12-8-13(2)10-15(9-12)16(18)11-19-17-7-5-4-6-14(17)3/h4-10,16,18H,11H2,1-3H3. The first-order valence-corrected chi connectivity index (χ1v) is 7.49. The summed E-state index contributed by atoms with van der Waals surface area (Å²) in [5.74, 6) is 0.688. The molecule has 19 heavy (non-hydrogen) atoms. The fourth-order valence-electron chi connectivity index (χ4n) is 2.19. The van der Waals surface area contributed by atoms with Crippen LogP contribution in [0, 0.1) is 20.8 Å². The van der Waals surface area contributed by atoms with Crippen molar-refractivity contribution in [2.75, 3.05) is 5.75 Å². The van der Waals surface area contributed by atoms with Crippen LogP contribution in [0.1, 0.15) is 28.4 Å². The van der Waals surface area contributed by atoms with Gasteiger partial charge in [-0.2, -0.15) is 0 Å². The Hall–Kier alpha value is -1.25. The van der Waals surface area contributed by atoms with Gasteiger partial charge >= 0.3 is 0 Å². The number of aliphatic hydroxyl groups is 1. The summed E-state index contributed by atoms with van der Waals surface area (Å²) in [6, 6.07) is 14.6. The summed E-state index contributed by atoms with van der Waals surface area (Å²) in [7, 11) is 0. The number of benzene rings is 2. The molecule has 0 saturated heterocycles. The number of aryl methyl sites for hydroxylation is 3. The second-order valence-corrected chi connectivity index (χ2v) is 6.08. The average molecular weight is 272 g/mol. The monoisotopic (exact) mass is 272 g/mol. The third kappa shape index (κ3) is 3.85. The molecule has 0 radical (unpaired) electrons. The van der Waals surface area contributed by atoms with Crippen LogP contribution in [0.5, 0.6) is 0 Å². The van der Waals surface area contributed by atoms with Crippen molar-refractivity contribution in [3.8, 4) is 0 Å². The predicted octanol–water partition coefficient (Wildman–Crippen LogP) is 4.44. The van der Waals surface area contributed by atoms with Crippen LogP contribution < -0.4 is 0 Å². The molecule has 1 nitrogen and oxygen atoms in total. The van der Waals surface area contributed by atoms with E-state index in [1.54, 1.807) is 11.8 Å². The van der Waals surface area contributed by atoms with Gasteiger partial charge in [0.15, 0.2) is 0 Å². The van der Waals surface area contributed by atoms with Crippen LogP contribution in [0.3, 0.4) is 0 Å². The normalized spacial score (nSPS) is 12.4. The van der Waals surface area contributed by atoms with Gasteiger partial charge in [-0.05, 0) is 38.0 Å². The van der Waals surface area contributed by atoms with Crippen LogP contribution in [0.4, 0.5) is 0 Å². The largest absolute Gasteiger partial charge is 0.388 e. The van der Waals surface area contributed by atoms with E-state index in [-0.39, 0.29) is 0 Å². The third-order valence-corrected chi connectivity index (χ3v) is 4.37. The number of hydrogen-bond acceptors (Lipinski definition) is 2. The van der Waals surface area contributed by atoms with Gasteiger partial charge in [-0.25, -0.2) is 0 Å². The maximum Gasteiger partial charge on any atom is 0.0884 e. The van der Waals surface area contributed by atoms with Crippen LogP contribution in [0.2, 0.25) is 0 Å². The maximum atomic E-state index is 10.3. The molecule has 0 aliphatic rings. The SMILES string of the molecule is Cc1cc(C)cc(C(O)CSc2ccccc2C)c1. The zero-order chi connectivity index (χ0) is 13.8. The molecule has 2 aromatic carbocycles. The molecular weight excluding hydrogens is 252 g/mol. The zero-order valence-corrected chi connectivity index (χ0v) is 12.5. The van der Waals surface area contributed by atoms with E-state index < -0.39 is 6.10 Å². The number of aliphatic hydroxyl groups excluding tert-OH is 1. The van der Waals surface area contributed by atoms with Crippen molar-refractivity contribution < 1.29 is 5.11 Å². The molecule has 100 valence electrons. The molecule has 0 aromatic heterocycles. The smallest absolute Gasteiger partial charge is 0.0884 e. The second kappa shape index (κ2) is 6.27. The first-order valence-electron chi connectivity index (χ1n) is 6.51. The minimum atomic E-state index is -0.414. The van der Waals surface area contributed by atoms with Gasteiger partial charge in [-0.3, -0.25) is 0 Å². The Morgan fingerprint density at radius 1 is 1.00 bits per heavy atom. The molecule has 0 bridgehead atoms. The van der Waals surface area contributed by atoms with Gasteiger partial charge in [0.2, 0.25) is 0 Å². The van der Waals surface area contributed by atoms with E-state index in [1.807, 2.05) is 12.1 Å². The Bertz CT molecular complexity index is 543. The molecule has 0 spiro atoms. The highest BCUT2D eigenvalue weighted by Crippen LogP contribution is 2.27. The summed E-state index contributed by atoms with van der Waals surface area (Å²) < 4.78 is 0. The first-order chi connectivity index (χ1) is 9.06. The first kappa shape index (κ1) is 14.2. The van der Waals surface area contributed by atoms with Crippen LogP contribution in [0.25, 0.3) is 0 Å². The minimum absolute atomic E-state index is 0.414. The van der Waals surface area contributed by atoms with E-state index in [2.05, 4.69) is 51.1 Å². The lowest BCUT2D eigenvalue weighted by atomic mass is 10.0. The van der Waals surface area contributed by atoms with Crippen molar-refractivity contribution in [1.82, 2.24) is 0 Å². The molecule has 0 aliphatic heterocycles. The Morgan fingerprint density at radius 2 is 1.63 bits per heavy atom. The summed E-state index contributed by atoms with van der Waals surface area (Å²) in [5, 5.41) is 10.3. The molecule has 2 aromatic rings. The van der Waals surface area contributed by atoms with Crippen molar-refractivity contribution in [1.29, 1.82) is 0 Å². The lowest BCUT2D eigenvalue weighted by Gasteiger charge is -2.13. The predicted molar refractivity (Wildman–Crippen MR) is 82.8 cm³/mol. The van der Waals surface area contributed by atoms with Crippen LogP contribution in [-0.2, 0) is 0 Å². The van der Waals surface area contributed by atoms with Crippen molar-refractivity contribution in [3.05, 3.63) is 64.7 Å². The fourth-order valence-corrected chi connectivity index (χ4v) is 3.19. The zero-order valence-electron chi connectivity index (χ0n) is 11.7. The number of thioether (sulfide) groups is 1. The average Bonchev–Trinajstić information content (AvgIpc) is 2.36. The lowest BCUT2D eigenvalue weighted by molar-refractivity contribution is 0.204. The summed E-state index contributed by atoms with van der Waals surface area (Å²) in [5.41, 5.74) is 4.68. The van der Waals surface area contributed by atoms with Crippen LogP contribution in [0.15, 0.2) is 47.4 Å². The highest BCUT2D eigenvalue weighted by atomic mass is 32.2. The molecule has 1 atom stereocenters. The molecular formula is C17H20OS. The second-order valence-electron chi connectivity index (χ2n) is 5.01. The van der Waals surface area contributed by atoms with Crippen LogP contribution >= 0.6 is 11.8 Å². The highest BCUT2D eigenvalue weighted by Gasteiger charge is 2.10. The van der Waals surface area contributed by atoms with E-state index >= 15 is 0 Å². The van der Waals surface area contributed by atoms with Gasteiger partial charge in [0.1, 0.15) is 0 Å². The van der Waals surface area contributed by atoms with Gasteiger partial charge in [-0.1, -0.05) is 47.5 Å². The van der Waals surface area contributed by atoms with E-state index in [0.717, 1.165) is 5.56 Å². The summed E-state index contributed by atoms with van der Waals surface area (Å²) in [4.78, 5) is 1.24. The van der Waals surface area contributed by atoms with Crippen LogP contribution in [-0.4, -0.2) is 10.9 Å². The van der Waals surface area contributed by atoms with Crippen molar-refractivity contribution in [2.45, 2.75) is 31.8 Å². The van der Waals surface area contributed by atoms with Gasteiger partial charge in [0.05, 0.1) is 6.10 Å². The molecule has 0 saturated carbocycles. The Morgan fingerprint density at radius 3 is 2.26 bits per heavy atom. The van der Waals surface area contributed by atoms with E-state index in [4.69, 9.17) is 0 Å². The summed E-state index contributed by atoms with van der Waals surface area (Å²) in [6.07, 6.45) is -0.414. The quantitative estimate of drug-likeness (QED) is 0.830. The van der Waals surface area contributed by atoms with Gasteiger partial charge in [0, 0.05) is 10.6 Å². The fraction of sp³-hybridized carbons (Fsp3) is 0.294. The van der Waals surface area contributed by atoms with Gasteiger partial charge in [0.25, 0.3) is 0 Å². The topological polar surface area (TPSA) is 20.2 Å². The van der Waals surface area contributed by atoms with Crippen molar-refractivity contribution in [3.63, 3.8) is 0 Å². The van der Waals surface area contributed by atoms with Crippen molar-refractivity contribution in [2.24, 2.45) is 0 Å². The summed E-state index contributed by atoms with van der Waals surface area (Å²) in [6.45, 7) is 6.24. The Labute approximate surface area is 119 Å². The molecule has 0 fully saturated rings. The Balaban J connectivity index is 2.05. The van der Waals surface area contributed by atoms with Gasteiger partial charge in [-0.15, -0.1) is 11.8 Å². The van der Waals surface area contributed by atoms with Crippen molar-refractivity contribution >= 4 is 11.8 Å². The van der Waals surface area contributed by atoms with E-state index in [1.165, 1.54) is 21.6 Å².